The van der Waals surface area contributed by atoms with Crippen molar-refractivity contribution in [2.45, 2.75) is 31.8 Å². The summed E-state index contributed by atoms with van der Waals surface area (Å²) in [6.07, 6.45) is 3.61. The molecule has 0 saturated carbocycles. The van der Waals surface area contributed by atoms with Gasteiger partial charge in [-0.2, -0.15) is 4.98 Å². The molecule has 0 spiro atoms. The maximum Gasteiger partial charge on any atom is 0.240 e. The van der Waals surface area contributed by atoms with Gasteiger partial charge in [-0.3, -0.25) is 0 Å². The third kappa shape index (κ3) is 2.76. The molecule has 0 aromatic carbocycles. The molecular weight excluding hydrogens is 192 g/mol. The van der Waals surface area contributed by atoms with E-state index in [9.17, 15) is 0 Å². The van der Waals surface area contributed by atoms with Crippen LogP contribution in [0, 0.1) is 0 Å². The second-order valence-corrected chi connectivity index (χ2v) is 4.29. The first-order valence-corrected chi connectivity index (χ1v) is 5.46. The van der Waals surface area contributed by atoms with Gasteiger partial charge in [-0.15, -0.1) is 0 Å². The molecule has 84 valence electrons. The number of nitrogens with zero attached hydrogens (tertiary/aromatic N) is 3. The SMILES string of the molecule is CN(C)Cc1nc(C2CCCCN2)no1. The molecule has 1 saturated heterocycles. The molecule has 15 heavy (non-hydrogen) atoms. The Kier molecular flexibility index (Phi) is 3.33. The van der Waals surface area contributed by atoms with E-state index >= 15 is 0 Å². The molecule has 5 nitrogen and oxygen atoms in total. The van der Waals surface area contributed by atoms with Gasteiger partial charge in [0.1, 0.15) is 0 Å². The molecular formula is C10H18N4O. The summed E-state index contributed by atoms with van der Waals surface area (Å²) in [7, 11) is 3.98. The molecule has 1 aromatic heterocycles. The maximum atomic E-state index is 5.19. The Hall–Kier alpha value is -0.940. The summed E-state index contributed by atoms with van der Waals surface area (Å²) in [5.74, 6) is 1.51. The van der Waals surface area contributed by atoms with Crippen LogP contribution in [-0.2, 0) is 6.54 Å². The fourth-order valence-electron chi connectivity index (χ4n) is 1.82. The van der Waals surface area contributed by atoms with Crippen molar-refractivity contribution < 1.29 is 4.52 Å². The minimum atomic E-state index is 0.290. The van der Waals surface area contributed by atoms with Crippen molar-refractivity contribution in [1.29, 1.82) is 0 Å². The van der Waals surface area contributed by atoms with Gasteiger partial charge in [0.2, 0.25) is 5.89 Å². The van der Waals surface area contributed by atoms with E-state index in [0.717, 1.165) is 18.8 Å². The molecule has 5 heteroatoms. The standard InChI is InChI=1S/C10H18N4O/c1-14(2)7-9-12-10(13-15-9)8-5-3-4-6-11-8/h8,11H,3-7H2,1-2H3. The van der Waals surface area contributed by atoms with Crippen molar-refractivity contribution in [3.63, 3.8) is 0 Å². The second-order valence-electron chi connectivity index (χ2n) is 4.29. The summed E-state index contributed by atoms with van der Waals surface area (Å²) in [5.41, 5.74) is 0. The smallest absolute Gasteiger partial charge is 0.240 e. The van der Waals surface area contributed by atoms with Gasteiger partial charge >= 0.3 is 0 Å². The van der Waals surface area contributed by atoms with Gasteiger partial charge in [-0.05, 0) is 33.5 Å². The van der Waals surface area contributed by atoms with Crippen LogP contribution in [0.2, 0.25) is 0 Å². The monoisotopic (exact) mass is 210 g/mol. The van der Waals surface area contributed by atoms with Gasteiger partial charge in [-0.1, -0.05) is 11.6 Å². The topological polar surface area (TPSA) is 54.2 Å². The second kappa shape index (κ2) is 4.72. The zero-order valence-electron chi connectivity index (χ0n) is 9.36. The van der Waals surface area contributed by atoms with E-state index in [-0.39, 0.29) is 0 Å². The highest BCUT2D eigenvalue weighted by molar-refractivity contribution is 4.95. The fraction of sp³-hybridized carbons (Fsp3) is 0.800. The first kappa shape index (κ1) is 10.6. The number of nitrogens with one attached hydrogen (secondary N) is 1. The lowest BCUT2D eigenvalue weighted by Crippen LogP contribution is -2.27. The summed E-state index contributed by atoms with van der Waals surface area (Å²) >= 11 is 0. The number of hydrogen-bond donors (Lipinski definition) is 1. The van der Waals surface area contributed by atoms with Crippen LogP contribution in [0.25, 0.3) is 0 Å². The Morgan fingerprint density at radius 2 is 2.33 bits per heavy atom. The minimum Gasteiger partial charge on any atom is -0.338 e. The average Bonchev–Trinajstić information content (AvgIpc) is 2.67. The molecule has 1 aliphatic heterocycles. The Labute approximate surface area is 89.8 Å². The van der Waals surface area contributed by atoms with Crippen LogP contribution in [0.15, 0.2) is 4.52 Å². The predicted molar refractivity (Wildman–Crippen MR) is 56.3 cm³/mol. The van der Waals surface area contributed by atoms with Crippen LogP contribution < -0.4 is 5.32 Å². The third-order valence-corrected chi connectivity index (χ3v) is 2.56. The molecule has 2 heterocycles. The first-order valence-electron chi connectivity index (χ1n) is 5.46. The van der Waals surface area contributed by atoms with Crippen LogP contribution in [0.5, 0.6) is 0 Å². The van der Waals surface area contributed by atoms with Crippen molar-refractivity contribution in [2.75, 3.05) is 20.6 Å². The zero-order chi connectivity index (χ0) is 10.7. The fourth-order valence-corrected chi connectivity index (χ4v) is 1.82. The molecule has 1 fully saturated rings. The summed E-state index contributed by atoms with van der Waals surface area (Å²) in [6, 6.07) is 0.290. The Bertz CT molecular complexity index is 304. The quantitative estimate of drug-likeness (QED) is 0.805. The van der Waals surface area contributed by atoms with E-state index in [1.807, 2.05) is 19.0 Å². The zero-order valence-corrected chi connectivity index (χ0v) is 9.36. The predicted octanol–water partition coefficient (Wildman–Crippen LogP) is 0.946. The van der Waals surface area contributed by atoms with Gasteiger partial charge in [0, 0.05) is 0 Å². The van der Waals surface area contributed by atoms with E-state index in [4.69, 9.17) is 4.52 Å². The van der Waals surface area contributed by atoms with Crippen molar-refractivity contribution >= 4 is 0 Å². The summed E-state index contributed by atoms with van der Waals surface area (Å²) in [5, 5.41) is 7.42. The highest BCUT2D eigenvalue weighted by Crippen LogP contribution is 2.20. The molecule has 1 N–H and O–H groups in total. The summed E-state index contributed by atoms with van der Waals surface area (Å²) in [6.45, 7) is 1.77. The molecule has 1 unspecified atom stereocenters. The summed E-state index contributed by atoms with van der Waals surface area (Å²) in [4.78, 5) is 6.41. The van der Waals surface area contributed by atoms with Crippen LogP contribution in [0.3, 0.4) is 0 Å². The van der Waals surface area contributed by atoms with Crippen LogP contribution in [0.4, 0.5) is 0 Å². The van der Waals surface area contributed by atoms with Gasteiger partial charge in [-0.25, -0.2) is 0 Å². The van der Waals surface area contributed by atoms with E-state index in [2.05, 4.69) is 15.5 Å². The summed E-state index contributed by atoms with van der Waals surface area (Å²) < 4.78 is 5.19. The van der Waals surface area contributed by atoms with Gasteiger partial charge in [0.05, 0.1) is 12.6 Å². The molecule has 0 bridgehead atoms. The molecule has 0 aliphatic carbocycles. The average molecular weight is 210 g/mol. The molecule has 2 rings (SSSR count). The molecule has 1 aromatic rings. The van der Waals surface area contributed by atoms with Crippen molar-refractivity contribution in [3.05, 3.63) is 11.7 Å². The van der Waals surface area contributed by atoms with Crippen LogP contribution in [0.1, 0.15) is 37.0 Å². The van der Waals surface area contributed by atoms with Crippen LogP contribution in [-0.4, -0.2) is 35.7 Å². The normalized spacial score (nSPS) is 22.2. The number of piperidine rings is 1. The minimum absolute atomic E-state index is 0.290. The van der Waals surface area contributed by atoms with E-state index < -0.39 is 0 Å². The van der Waals surface area contributed by atoms with Crippen molar-refractivity contribution in [2.24, 2.45) is 0 Å². The highest BCUT2D eigenvalue weighted by atomic mass is 16.5. The molecule has 0 radical (unpaired) electrons. The number of aromatic nitrogens is 2. The molecule has 1 aliphatic rings. The van der Waals surface area contributed by atoms with Crippen molar-refractivity contribution in [3.8, 4) is 0 Å². The Morgan fingerprint density at radius 3 is 3.00 bits per heavy atom. The van der Waals surface area contributed by atoms with E-state index in [1.165, 1.54) is 12.8 Å². The highest BCUT2D eigenvalue weighted by Gasteiger charge is 2.20. The van der Waals surface area contributed by atoms with E-state index in [0.29, 0.717) is 18.5 Å². The molecule has 0 amide bonds. The maximum absolute atomic E-state index is 5.19. The molecule has 1 atom stereocenters. The lowest BCUT2D eigenvalue weighted by molar-refractivity contribution is 0.298. The first-order chi connectivity index (χ1) is 7.25. The van der Waals surface area contributed by atoms with Gasteiger partial charge < -0.3 is 14.7 Å². The lowest BCUT2D eigenvalue weighted by atomic mass is 10.0. The van der Waals surface area contributed by atoms with Gasteiger partial charge in [0.15, 0.2) is 5.82 Å². The van der Waals surface area contributed by atoms with Crippen LogP contribution >= 0.6 is 0 Å². The third-order valence-electron chi connectivity index (χ3n) is 2.56. The Morgan fingerprint density at radius 1 is 1.47 bits per heavy atom. The Balaban J connectivity index is 1.99. The van der Waals surface area contributed by atoms with Crippen molar-refractivity contribution in [1.82, 2.24) is 20.4 Å². The largest absolute Gasteiger partial charge is 0.338 e. The van der Waals surface area contributed by atoms with E-state index in [1.54, 1.807) is 0 Å². The number of rotatable bonds is 3. The number of hydrogen-bond acceptors (Lipinski definition) is 5. The lowest BCUT2D eigenvalue weighted by Gasteiger charge is -2.19. The van der Waals surface area contributed by atoms with Gasteiger partial charge in [0.25, 0.3) is 0 Å².